The zero-order chi connectivity index (χ0) is 13.9. The monoisotopic (exact) mass is 388 g/mol. The van der Waals surface area contributed by atoms with Crippen molar-refractivity contribution in [1.29, 1.82) is 0 Å². The van der Waals surface area contributed by atoms with Gasteiger partial charge in [0.15, 0.2) is 5.96 Å². The highest BCUT2D eigenvalue weighted by molar-refractivity contribution is 14.0. The van der Waals surface area contributed by atoms with E-state index in [-0.39, 0.29) is 24.0 Å². The van der Waals surface area contributed by atoms with E-state index in [0.717, 1.165) is 32.0 Å². The van der Waals surface area contributed by atoms with Crippen molar-refractivity contribution in [3.63, 3.8) is 0 Å². The first-order valence-corrected chi connectivity index (χ1v) is 6.59. The van der Waals surface area contributed by atoms with Crippen LogP contribution in [0.25, 0.3) is 0 Å². The Morgan fingerprint density at radius 3 is 2.60 bits per heavy atom. The lowest BCUT2D eigenvalue weighted by Gasteiger charge is -2.19. The van der Waals surface area contributed by atoms with Crippen LogP contribution in [0, 0.1) is 0 Å². The number of nitrogens with zero attached hydrogens (tertiary/aromatic N) is 2. The van der Waals surface area contributed by atoms with E-state index in [1.165, 1.54) is 5.69 Å². The second-order valence-corrected chi connectivity index (χ2v) is 4.28. The van der Waals surface area contributed by atoms with E-state index in [1.807, 2.05) is 12.1 Å². The van der Waals surface area contributed by atoms with Gasteiger partial charge >= 0.3 is 0 Å². The molecule has 0 aliphatic carbocycles. The van der Waals surface area contributed by atoms with Gasteiger partial charge < -0.3 is 15.5 Å². The first-order valence-electron chi connectivity index (χ1n) is 6.59. The first kappa shape index (κ1) is 18.8. The van der Waals surface area contributed by atoms with Crippen LogP contribution in [0.4, 0.5) is 5.69 Å². The van der Waals surface area contributed by atoms with Gasteiger partial charge in [-0.15, -0.1) is 30.6 Å². The molecular weight excluding hydrogens is 363 g/mol. The summed E-state index contributed by atoms with van der Waals surface area (Å²) in [4.78, 5) is 6.39. The number of nitrogens with one attached hydrogen (secondary N) is 2. The molecule has 0 radical (unpaired) electrons. The third-order valence-corrected chi connectivity index (χ3v) is 2.80. The Labute approximate surface area is 139 Å². The van der Waals surface area contributed by atoms with Crippen LogP contribution < -0.4 is 15.5 Å². The minimum atomic E-state index is 0. The molecule has 5 heteroatoms. The number of anilines is 1. The Morgan fingerprint density at radius 1 is 1.30 bits per heavy atom. The van der Waals surface area contributed by atoms with E-state index in [9.17, 15) is 0 Å². The van der Waals surface area contributed by atoms with Crippen molar-refractivity contribution >= 4 is 35.6 Å². The summed E-state index contributed by atoms with van der Waals surface area (Å²) in [5.41, 5.74) is 1.25. The van der Waals surface area contributed by atoms with Crippen molar-refractivity contribution in [3.8, 4) is 0 Å². The summed E-state index contributed by atoms with van der Waals surface area (Å²) in [6, 6.07) is 10.4. The number of para-hydroxylation sites is 1. The molecule has 2 N–H and O–H groups in total. The van der Waals surface area contributed by atoms with Crippen LogP contribution in [0.5, 0.6) is 0 Å². The minimum Gasteiger partial charge on any atom is -0.375 e. The third kappa shape index (κ3) is 7.37. The van der Waals surface area contributed by atoms with E-state index in [1.54, 1.807) is 7.05 Å². The molecule has 4 nitrogen and oxygen atoms in total. The average Bonchev–Trinajstić information content (AvgIpc) is 2.47. The molecule has 20 heavy (non-hydrogen) atoms. The first-order chi connectivity index (χ1) is 9.27. The third-order valence-electron chi connectivity index (χ3n) is 2.80. The quantitative estimate of drug-likeness (QED) is 0.248. The van der Waals surface area contributed by atoms with Crippen LogP contribution in [0.3, 0.4) is 0 Å². The van der Waals surface area contributed by atoms with Crippen molar-refractivity contribution in [2.24, 2.45) is 4.99 Å². The molecule has 0 aliphatic heterocycles. The molecule has 1 rings (SSSR count). The van der Waals surface area contributed by atoms with Crippen LogP contribution in [-0.4, -0.2) is 39.7 Å². The maximum atomic E-state index is 4.13. The molecular formula is C15H25IN4. The molecule has 0 unspecified atom stereocenters. The number of hydrogen-bond donors (Lipinski definition) is 2. The SMILES string of the molecule is C=CCNC(=NC)NCCCN(C)c1ccccc1.I. The van der Waals surface area contributed by atoms with Gasteiger partial charge in [0.2, 0.25) is 0 Å². The zero-order valence-electron chi connectivity index (χ0n) is 12.3. The summed E-state index contributed by atoms with van der Waals surface area (Å²) in [5.74, 6) is 0.822. The molecule has 1 aromatic rings. The Morgan fingerprint density at radius 2 is 2.00 bits per heavy atom. The minimum absolute atomic E-state index is 0. The number of guanidine groups is 1. The van der Waals surface area contributed by atoms with Gasteiger partial charge in [0.25, 0.3) is 0 Å². The van der Waals surface area contributed by atoms with Gasteiger partial charge in [-0.1, -0.05) is 24.3 Å². The fraction of sp³-hybridized carbons (Fsp3) is 0.400. The molecule has 0 amide bonds. The van der Waals surface area contributed by atoms with Gasteiger partial charge in [0.1, 0.15) is 0 Å². The lowest BCUT2D eigenvalue weighted by molar-refractivity contribution is 0.737. The number of hydrogen-bond acceptors (Lipinski definition) is 2. The highest BCUT2D eigenvalue weighted by Crippen LogP contribution is 2.10. The summed E-state index contributed by atoms with van der Waals surface area (Å²) in [6.07, 6.45) is 2.87. The summed E-state index contributed by atoms with van der Waals surface area (Å²) in [6.45, 7) is 6.30. The van der Waals surface area contributed by atoms with Crippen molar-refractivity contribution in [2.75, 3.05) is 38.6 Å². The highest BCUT2D eigenvalue weighted by Gasteiger charge is 2.00. The summed E-state index contributed by atoms with van der Waals surface area (Å²) >= 11 is 0. The largest absolute Gasteiger partial charge is 0.375 e. The van der Waals surface area contributed by atoms with E-state index in [0.29, 0.717) is 0 Å². The Kier molecular flexibility index (Phi) is 10.9. The smallest absolute Gasteiger partial charge is 0.191 e. The van der Waals surface area contributed by atoms with Crippen LogP contribution in [-0.2, 0) is 0 Å². The molecule has 0 bridgehead atoms. The predicted octanol–water partition coefficient (Wildman–Crippen LogP) is 2.48. The normalized spacial score (nSPS) is 10.4. The van der Waals surface area contributed by atoms with Crippen molar-refractivity contribution in [1.82, 2.24) is 10.6 Å². The van der Waals surface area contributed by atoms with Crippen LogP contribution in [0.1, 0.15) is 6.42 Å². The fourth-order valence-electron chi connectivity index (χ4n) is 1.72. The topological polar surface area (TPSA) is 39.7 Å². The second kappa shape index (κ2) is 11.6. The maximum absolute atomic E-state index is 4.13. The van der Waals surface area contributed by atoms with E-state index < -0.39 is 0 Å². The van der Waals surface area contributed by atoms with Crippen LogP contribution in [0.15, 0.2) is 48.0 Å². The number of aliphatic imine (C=N–C) groups is 1. The van der Waals surface area contributed by atoms with Crippen molar-refractivity contribution in [3.05, 3.63) is 43.0 Å². The zero-order valence-corrected chi connectivity index (χ0v) is 14.6. The molecule has 0 aliphatic rings. The Hall–Kier alpha value is -1.24. The highest BCUT2D eigenvalue weighted by atomic mass is 127. The number of halogens is 1. The van der Waals surface area contributed by atoms with E-state index in [2.05, 4.69) is 58.4 Å². The number of rotatable bonds is 7. The molecule has 112 valence electrons. The fourth-order valence-corrected chi connectivity index (χ4v) is 1.72. The van der Waals surface area contributed by atoms with Gasteiger partial charge in [0, 0.05) is 39.4 Å². The van der Waals surface area contributed by atoms with Gasteiger partial charge in [-0.05, 0) is 18.6 Å². The molecule has 0 saturated heterocycles. The van der Waals surface area contributed by atoms with Crippen molar-refractivity contribution in [2.45, 2.75) is 6.42 Å². The molecule has 0 saturated carbocycles. The Balaban J connectivity index is 0.00000361. The molecule has 0 spiro atoms. The summed E-state index contributed by atoms with van der Waals surface area (Å²) in [5, 5.41) is 6.42. The van der Waals surface area contributed by atoms with E-state index in [4.69, 9.17) is 0 Å². The number of benzene rings is 1. The maximum Gasteiger partial charge on any atom is 0.191 e. The molecule has 1 aromatic carbocycles. The summed E-state index contributed by atoms with van der Waals surface area (Å²) in [7, 11) is 3.88. The van der Waals surface area contributed by atoms with Crippen molar-refractivity contribution < 1.29 is 0 Å². The van der Waals surface area contributed by atoms with Gasteiger partial charge in [-0.2, -0.15) is 0 Å². The summed E-state index contributed by atoms with van der Waals surface area (Å²) < 4.78 is 0. The second-order valence-electron chi connectivity index (χ2n) is 4.28. The standard InChI is InChI=1S/C15H24N4.HI/c1-4-11-17-15(16-2)18-12-8-13-19(3)14-9-6-5-7-10-14;/h4-7,9-10H,1,8,11-13H2,2-3H3,(H2,16,17,18);1H. The molecule has 0 atom stereocenters. The average molecular weight is 388 g/mol. The van der Waals surface area contributed by atoms with Gasteiger partial charge in [-0.25, -0.2) is 0 Å². The van der Waals surface area contributed by atoms with Gasteiger partial charge in [0.05, 0.1) is 0 Å². The van der Waals surface area contributed by atoms with E-state index >= 15 is 0 Å². The van der Waals surface area contributed by atoms with Crippen LogP contribution in [0.2, 0.25) is 0 Å². The molecule has 0 fully saturated rings. The lowest BCUT2D eigenvalue weighted by atomic mass is 10.3. The van der Waals surface area contributed by atoms with Gasteiger partial charge in [-0.3, -0.25) is 4.99 Å². The lowest BCUT2D eigenvalue weighted by Crippen LogP contribution is -2.38. The van der Waals surface area contributed by atoms with Crippen LogP contribution >= 0.6 is 24.0 Å². The Bertz CT molecular complexity index is 392. The molecule has 0 aromatic heterocycles. The molecule has 0 heterocycles. The predicted molar refractivity (Wildman–Crippen MR) is 99.3 cm³/mol.